The summed E-state index contributed by atoms with van der Waals surface area (Å²) in [6.07, 6.45) is 0. The number of aromatic nitrogens is 3. The van der Waals surface area contributed by atoms with Crippen LogP contribution in [0.2, 0.25) is 0 Å². The number of hydrogen-bond donors (Lipinski definition) is 2. The van der Waals surface area contributed by atoms with Crippen LogP contribution in [0.25, 0.3) is 16.2 Å². The molecule has 0 saturated carbocycles. The van der Waals surface area contributed by atoms with E-state index in [1.54, 1.807) is 16.5 Å². The zero-order valence-corrected chi connectivity index (χ0v) is 15.5. The van der Waals surface area contributed by atoms with Crippen LogP contribution in [0.1, 0.15) is 20.8 Å². The maximum Gasteiger partial charge on any atom is 0.323 e. The highest BCUT2D eigenvalue weighted by Gasteiger charge is 2.23. The van der Waals surface area contributed by atoms with E-state index < -0.39 is 5.97 Å². The Morgan fingerprint density at radius 1 is 1.32 bits per heavy atom. The standard InChI is InChI=1S/C17H21N5O2S/c1-17(2,3)19-14-13(11-8-6-5-7-9-11)18-15-22(14)20-16(25-15)21(4)10-12(23)24/h5-9,19H,10H2,1-4H3,(H,23,24). The van der Waals surface area contributed by atoms with Crippen molar-refractivity contribution >= 4 is 33.2 Å². The molecule has 1 aromatic carbocycles. The van der Waals surface area contributed by atoms with Gasteiger partial charge in [-0.15, -0.1) is 5.10 Å². The molecule has 25 heavy (non-hydrogen) atoms. The van der Waals surface area contributed by atoms with Gasteiger partial charge in [-0.3, -0.25) is 4.79 Å². The summed E-state index contributed by atoms with van der Waals surface area (Å²) in [5.41, 5.74) is 1.67. The molecule has 3 aromatic rings. The number of hydrogen-bond acceptors (Lipinski definition) is 6. The maximum absolute atomic E-state index is 10.9. The van der Waals surface area contributed by atoms with E-state index in [4.69, 9.17) is 10.1 Å². The Morgan fingerprint density at radius 2 is 2.00 bits per heavy atom. The van der Waals surface area contributed by atoms with Gasteiger partial charge < -0.3 is 15.3 Å². The topological polar surface area (TPSA) is 82.8 Å². The minimum Gasteiger partial charge on any atom is -0.480 e. The third-order valence-electron chi connectivity index (χ3n) is 3.43. The van der Waals surface area contributed by atoms with Gasteiger partial charge in [0.25, 0.3) is 0 Å². The van der Waals surface area contributed by atoms with Crippen LogP contribution in [0.3, 0.4) is 0 Å². The van der Waals surface area contributed by atoms with Crippen LogP contribution in [0.4, 0.5) is 10.9 Å². The average molecular weight is 359 g/mol. The summed E-state index contributed by atoms with van der Waals surface area (Å²) < 4.78 is 1.76. The minimum atomic E-state index is -0.895. The molecule has 2 heterocycles. The molecule has 0 aliphatic heterocycles. The summed E-state index contributed by atoms with van der Waals surface area (Å²) in [7, 11) is 1.71. The molecule has 0 aliphatic rings. The Kier molecular flexibility index (Phi) is 4.38. The number of aliphatic carboxylic acids is 1. The van der Waals surface area contributed by atoms with Gasteiger partial charge in [-0.1, -0.05) is 41.7 Å². The largest absolute Gasteiger partial charge is 0.480 e. The number of carbonyl (C=O) groups is 1. The molecule has 8 heteroatoms. The molecule has 132 valence electrons. The number of nitrogens with zero attached hydrogens (tertiary/aromatic N) is 4. The number of imidazole rings is 1. The van der Waals surface area contributed by atoms with Gasteiger partial charge in [-0.2, -0.15) is 4.52 Å². The Balaban J connectivity index is 2.10. The van der Waals surface area contributed by atoms with Crippen molar-refractivity contribution in [1.82, 2.24) is 14.6 Å². The summed E-state index contributed by atoms with van der Waals surface area (Å²) in [6.45, 7) is 6.12. The lowest BCUT2D eigenvalue weighted by molar-refractivity contribution is -0.135. The molecular weight excluding hydrogens is 338 g/mol. The zero-order chi connectivity index (χ0) is 18.2. The normalized spacial score (nSPS) is 11.7. The van der Waals surface area contributed by atoms with Crippen molar-refractivity contribution in [1.29, 1.82) is 0 Å². The lowest BCUT2D eigenvalue weighted by Crippen LogP contribution is -2.27. The molecule has 0 spiro atoms. The van der Waals surface area contributed by atoms with Crippen LogP contribution in [0, 0.1) is 0 Å². The second kappa shape index (κ2) is 6.36. The second-order valence-electron chi connectivity index (χ2n) is 6.88. The van der Waals surface area contributed by atoms with Gasteiger partial charge in [-0.25, -0.2) is 4.98 Å². The van der Waals surface area contributed by atoms with E-state index in [0.717, 1.165) is 22.0 Å². The lowest BCUT2D eigenvalue weighted by atomic mass is 10.1. The van der Waals surface area contributed by atoms with Gasteiger partial charge in [0.05, 0.1) is 0 Å². The summed E-state index contributed by atoms with van der Waals surface area (Å²) >= 11 is 1.37. The first-order valence-electron chi connectivity index (χ1n) is 7.91. The molecule has 0 fully saturated rings. The Bertz CT molecular complexity index is 895. The molecule has 2 N–H and O–H groups in total. The quantitative estimate of drug-likeness (QED) is 0.728. The Morgan fingerprint density at radius 3 is 2.60 bits per heavy atom. The number of carboxylic acids is 1. The summed E-state index contributed by atoms with van der Waals surface area (Å²) in [5, 5.41) is 17.6. The highest BCUT2D eigenvalue weighted by Crippen LogP contribution is 2.34. The third-order valence-corrected chi connectivity index (χ3v) is 4.46. The minimum absolute atomic E-state index is 0.107. The SMILES string of the molecule is CN(CC(=O)O)c1nn2c(NC(C)(C)C)c(-c3ccccc3)nc2s1. The molecule has 0 aliphatic carbocycles. The van der Waals surface area contributed by atoms with Gasteiger partial charge in [0.15, 0.2) is 5.82 Å². The average Bonchev–Trinajstić information content (AvgIpc) is 3.06. The molecule has 3 rings (SSSR count). The van der Waals surface area contributed by atoms with Gasteiger partial charge >= 0.3 is 5.97 Å². The van der Waals surface area contributed by atoms with Crippen LogP contribution in [0.15, 0.2) is 30.3 Å². The number of likely N-dealkylation sites (N-methyl/N-ethyl adjacent to an activating group) is 1. The van der Waals surface area contributed by atoms with Crippen molar-refractivity contribution in [3.8, 4) is 11.3 Å². The van der Waals surface area contributed by atoms with Crippen molar-refractivity contribution in [3.63, 3.8) is 0 Å². The fraction of sp³-hybridized carbons (Fsp3) is 0.353. The van der Waals surface area contributed by atoms with E-state index in [-0.39, 0.29) is 12.1 Å². The van der Waals surface area contributed by atoms with Crippen LogP contribution in [-0.4, -0.2) is 44.8 Å². The fourth-order valence-electron chi connectivity index (χ4n) is 2.43. The summed E-state index contributed by atoms with van der Waals surface area (Å²) in [4.78, 5) is 18.0. The van der Waals surface area contributed by atoms with Crippen molar-refractivity contribution in [2.24, 2.45) is 0 Å². The van der Waals surface area contributed by atoms with E-state index >= 15 is 0 Å². The van der Waals surface area contributed by atoms with Crippen molar-refractivity contribution in [2.75, 3.05) is 23.8 Å². The van der Waals surface area contributed by atoms with Gasteiger partial charge in [0, 0.05) is 18.2 Å². The van der Waals surface area contributed by atoms with Crippen molar-refractivity contribution in [2.45, 2.75) is 26.3 Å². The van der Waals surface area contributed by atoms with Crippen LogP contribution < -0.4 is 10.2 Å². The predicted molar refractivity (Wildman–Crippen MR) is 101 cm³/mol. The second-order valence-corrected chi connectivity index (χ2v) is 7.81. The van der Waals surface area contributed by atoms with Crippen LogP contribution in [0.5, 0.6) is 0 Å². The van der Waals surface area contributed by atoms with Crippen LogP contribution in [-0.2, 0) is 4.79 Å². The highest BCUT2D eigenvalue weighted by atomic mass is 32.1. The monoisotopic (exact) mass is 359 g/mol. The van der Waals surface area contributed by atoms with E-state index in [1.807, 2.05) is 30.3 Å². The molecule has 7 nitrogen and oxygen atoms in total. The third kappa shape index (κ3) is 3.74. The van der Waals surface area contributed by atoms with Crippen molar-refractivity contribution in [3.05, 3.63) is 30.3 Å². The zero-order valence-electron chi connectivity index (χ0n) is 14.6. The van der Waals surface area contributed by atoms with Crippen LogP contribution >= 0.6 is 11.3 Å². The Hall–Kier alpha value is -2.61. The van der Waals surface area contributed by atoms with E-state index in [1.165, 1.54) is 11.3 Å². The van der Waals surface area contributed by atoms with Gasteiger partial charge in [-0.05, 0) is 20.8 Å². The summed E-state index contributed by atoms with van der Waals surface area (Å²) in [6, 6.07) is 9.94. The number of benzene rings is 1. The predicted octanol–water partition coefficient (Wildman–Crippen LogP) is 3.19. The number of nitrogens with one attached hydrogen (secondary N) is 1. The maximum atomic E-state index is 10.9. The Labute approximate surface area is 149 Å². The highest BCUT2D eigenvalue weighted by molar-refractivity contribution is 7.20. The fourth-order valence-corrected chi connectivity index (χ4v) is 3.29. The first-order chi connectivity index (χ1) is 11.7. The smallest absolute Gasteiger partial charge is 0.323 e. The first-order valence-corrected chi connectivity index (χ1v) is 8.72. The number of carboxylic acid groups (broad SMARTS) is 1. The molecule has 0 radical (unpaired) electrons. The summed E-state index contributed by atoms with van der Waals surface area (Å²) in [5.74, 6) is -0.0896. The number of rotatable bonds is 5. The number of fused-ring (bicyclic) bond motifs is 1. The van der Waals surface area contributed by atoms with Gasteiger partial charge in [0.1, 0.15) is 12.2 Å². The van der Waals surface area contributed by atoms with Crippen molar-refractivity contribution < 1.29 is 9.90 Å². The van der Waals surface area contributed by atoms with E-state index in [9.17, 15) is 4.79 Å². The molecule has 0 bridgehead atoms. The van der Waals surface area contributed by atoms with Gasteiger partial charge in [0.2, 0.25) is 10.1 Å². The molecule has 0 saturated heterocycles. The first kappa shape index (κ1) is 17.2. The molecular formula is C17H21N5O2S. The lowest BCUT2D eigenvalue weighted by Gasteiger charge is -2.22. The molecule has 2 aromatic heterocycles. The molecule has 0 amide bonds. The molecule has 0 atom stereocenters. The molecule has 0 unspecified atom stereocenters. The van der Waals surface area contributed by atoms with E-state index in [0.29, 0.717) is 5.13 Å². The number of anilines is 2. The van der Waals surface area contributed by atoms with E-state index in [2.05, 4.69) is 31.2 Å².